The van der Waals surface area contributed by atoms with Gasteiger partial charge >= 0.3 is 7.12 Å². The van der Waals surface area contributed by atoms with E-state index in [2.05, 4.69) is 31.2 Å². The number of thioether (sulfide) groups is 1. The first-order valence-corrected chi connectivity index (χ1v) is 8.85. The van der Waals surface area contributed by atoms with E-state index in [1.54, 1.807) is 6.92 Å². The second-order valence-corrected chi connectivity index (χ2v) is 8.15. The quantitative estimate of drug-likeness (QED) is 0.771. The van der Waals surface area contributed by atoms with Crippen molar-refractivity contribution in [2.24, 2.45) is 0 Å². The fraction of sp³-hybridized carbons (Fsp3) is 0.500. The average Bonchev–Trinajstić information content (AvgIpc) is 2.63. The van der Waals surface area contributed by atoms with Crippen LogP contribution in [0.4, 0.5) is 0 Å². The number of hydrogen-bond donors (Lipinski definition) is 0. The largest absolute Gasteiger partial charge is 0.491 e. The highest BCUT2D eigenvalue weighted by atomic mass is 32.2. The van der Waals surface area contributed by atoms with Crippen molar-refractivity contribution in [2.75, 3.05) is 5.75 Å². The van der Waals surface area contributed by atoms with Crippen molar-refractivity contribution in [3.63, 3.8) is 0 Å². The van der Waals surface area contributed by atoms with Crippen LogP contribution in [0.1, 0.15) is 45.7 Å². The lowest BCUT2D eigenvalue weighted by molar-refractivity contribution is -0.109. The smallest absolute Gasteiger partial charge is 0.400 e. The summed E-state index contributed by atoms with van der Waals surface area (Å²) in [6.07, 6.45) is 2.07. The van der Waals surface area contributed by atoms with Crippen molar-refractivity contribution in [1.29, 1.82) is 0 Å². The Morgan fingerprint density at radius 2 is 1.83 bits per heavy atom. The molecule has 1 saturated heterocycles. The maximum absolute atomic E-state index is 11.4. The fourth-order valence-electron chi connectivity index (χ4n) is 2.33. The minimum Gasteiger partial charge on any atom is -0.400 e. The van der Waals surface area contributed by atoms with Crippen LogP contribution in [0.15, 0.2) is 29.7 Å². The van der Waals surface area contributed by atoms with Crippen LogP contribution in [0, 0.1) is 6.92 Å². The minimum atomic E-state index is -0.424. The topological polar surface area (TPSA) is 35.5 Å². The third-order valence-electron chi connectivity index (χ3n) is 4.39. The molecule has 0 amide bonds. The summed E-state index contributed by atoms with van der Waals surface area (Å²) in [5, 5.41) is 0.0941. The molecule has 1 aromatic carbocycles. The van der Waals surface area contributed by atoms with Crippen LogP contribution in [-0.4, -0.2) is 29.2 Å². The molecule has 0 bridgehead atoms. The molecule has 1 heterocycles. The number of hydrogen-bond acceptors (Lipinski definition) is 4. The normalized spacial score (nSPS) is 19.9. The van der Waals surface area contributed by atoms with Gasteiger partial charge in [-0.05, 0) is 45.7 Å². The van der Waals surface area contributed by atoms with Crippen molar-refractivity contribution < 1.29 is 14.1 Å². The van der Waals surface area contributed by atoms with Gasteiger partial charge in [0.2, 0.25) is 0 Å². The third-order valence-corrected chi connectivity index (χ3v) is 5.28. The molecule has 124 valence electrons. The van der Waals surface area contributed by atoms with Crippen LogP contribution in [-0.2, 0) is 14.1 Å². The van der Waals surface area contributed by atoms with E-state index in [1.807, 2.05) is 33.8 Å². The first-order chi connectivity index (χ1) is 10.6. The Morgan fingerprint density at radius 1 is 1.22 bits per heavy atom. The third kappa shape index (κ3) is 4.49. The van der Waals surface area contributed by atoms with Gasteiger partial charge in [-0.1, -0.05) is 47.7 Å². The number of benzene rings is 1. The Kier molecular flexibility index (Phi) is 5.44. The van der Waals surface area contributed by atoms with Gasteiger partial charge in [0.15, 0.2) is 5.12 Å². The zero-order chi connectivity index (χ0) is 17.3. The van der Waals surface area contributed by atoms with E-state index < -0.39 is 7.12 Å². The summed E-state index contributed by atoms with van der Waals surface area (Å²) < 4.78 is 12.3. The molecule has 2 rings (SSSR count). The number of carbonyl (C=O) groups is 1. The molecule has 5 heteroatoms. The molecule has 0 atom stereocenters. The molecule has 0 N–H and O–H groups in total. The summed E-state index contributed by atoms with van der Waals surface area (Å²) in [7, 11) is -0.424. The van der Waals surface area contributed by atoms with Gasteiger partial charge in [-0.15, -0.1) is 0 Å². The molecule has 1 fully saturated rings. The maximum Gasteiger partial charge on any atom is 0.491 e. The zero-order valence-electron chi connectivity index (χ0n) is 14.8. The molecule has 0 aromatic heterocycles. The number of aryl methyl sites for hydroxylation is 1. The number of carbonyl (C=O) groups excluding carboxylic acids is 1. The van der Waals surface area contributed by atoms with Gasteiger partial charge in [0, 0.05) is 12.7 Å². The van der Waals surface area contributed by atoms with Crippen molar-refractivity contribution >= 4 is 30.1 Å². The lowest BCUT2D eigenvalue weighted by Gasteiger charge is -2.32. The molecule has 0 radical (unpaired) electrons. The highest BCUT2D eigenvalue weighted by Crippen LogP contribution is 2.39. The standard InChI is InChI=1S/C18H25BO3S/c1-13-8-7-9-15(10-13)11-16(12-23-14(2)20)19-21-17(3,4)18(5,6)22-19/h7-11H,12H2,1-6H3. The van der Waals surface area contributed by atoms with Crippen molar-refractivity contribution in [3.8, 4) is 0 Å². The van der Waals surface area contributed by atoms with Gasteiger partial charge in [-0.25, -0.2) is 0 Å². The molecule has 1 aromatic rings. The summed E-state index contributed by atoms with van der Waals surface area (Å²) in [5.74, 6) is 0.570. The molecule has 1 aliphatic heterocycles. The first kappa shape index (κ1) is 18.3. The van der Waals surface area contributed by atoms with Gasteiger partial charge in [-0.2, -0.15) is 0 Å². The summed E-state index contributed by atoms with van der Waals surface area (Å²) >= 11 is 1.28. The Morgan fingerprint density at radius 3 is 2.35 bits per heavy atom. The molecule has 0 spiro atoms. The van der Waals surface area contributed by atoms with Crippen LogP contribution in [0.3, 0.4) is 0 Å². The second-order valence-electron chi connectivity index (χ2n) is 7.00. The summed E-state index contributed by atoms with van der Waals surface area (Å²) in [5.41, 5.74) is 2.51. The predicted molar refractivity (Wildman–Crippen MR) is 98.4 cm³/mol. The molecular weight excluding hydrogens is 307 g/mol. The van der Waals surface area contributed by atoms with Gasteiger partial charge in [-0.3, -0.25) is 4.79 Å². The SMILES string of the molecule is CC(=O)SCC(=Cc1cccc(C)c1)B1OC(C)(C)C(C)(C)O1. The maximum atomic E-state index is 11.4. The van der Waals surface area contributed by atoms with Crippen LogP contribution < -0.4 is 0 Å². The molecule has 0 aliphatic carbocycles. The predicted octanol–water partition coefficient (Wildman–Crippen LogP) is 4.29. The lowest BCUT2D eigenvalue weighted by atomic mass is 9.78. The van der Waals surface area contributed by atoms with E-state index in [4.69, 9.17) is 9.31 Å². The Labute approximate surface area is 144 Å². The monoisotopic (exact) mass is 332 g/mol. The molecular formula is C18H25BO3S. The van der Waals surface area contributed by atoms with Crippen LogP contribution in [0.25, 0.3) is 6.08 Å². The Bertz CT molecular complexity index is 606. The zero-order valence-corrected chi connectivity index (χ0v) is 15.6. The van der Waals surface area contributed by atoms with Gasteiger partial charge in [0.25, 0.3) is 0 Å². The van der Waals surface area contributed by atoms with Gasteiger partial charge in [0.1, 0.15) is 0 Å². The first-order valence-electron chi connectivity index (χ1n) is 7.87. The highest BCUT2D eigenvalue weighted by Gasteiger charge is 2.52. The van der Waals surface area contributed by atoms with E-state index in [0.717, 1.165) is 11.0 Å². The van der Waals surface area contributed by atoms with E-state index >= 15 is 0 Å². The Hall–Kier alpha value is -1.04. The lowest BCUT2D eigenvalue weighted by Crippen LogP contribution is -2.41. The summed E-state index contributed by atoms with van der Waals surface area (Å²) in [6.45, 7) is 11.8. The van der Waals surface area contributed by atoms with Gasteiger partial charge in [0.05, 0.1) is 11.2 Å². The summed E-state index contributed by atoms with van der Waals surface area (Å²) in [4.78, 5) is 11.4. The molecule has 23 heavy (non-hydrogen) atoms. The minimum absolute atomic E-state index is 0.0941. The molecule has 0 unspecified atom stereocenters. The molecule has 3 nitrogen and oxygen atoms in total. The van der Waals surface area contributed by atoms with Crippen molar-refractivity contribution in [3.05, 3.63) is 40.9 Å². The summed E-state index contributed by atoms with van der Waals surface area (Å²) in [6, 6.07) is 8.26. The fourth-order valence-corrected chi connectivity index (χ4v) is 2.92. The number of rotatable bonds is 4. The average molecular weight is 332 g/mol. The second kappa shape index (κ2) is 6.84. The van der Waals surface area contributed by atoms with Crippen LogP contribution in [0.2, 0.25) is 0 Å². The van der Waals surface area contributed by atoms with Crippen LogP contribution in [0.5, 0.6) is 0 Å². The van der Waals surface area contributed by atoms with E-state index in [-0.39, 0.29) is 16.3 Å². The van der Waals surface area contributed by atoms with E-state index in [0.29, 0.717) is 5.75 Å². The van der Waals surface area contributed by atoms with Crippen molar-refractivity contribution in [2.45, 2.75) is 52.7 Å². The molecule has 1 aliphatic rings. The van der Waals surface area contributed by atoms with Gasteiger partial charge < -0.3 is 9.31 Å². The molecule has 0 saturated carbocycles. The van der Waals surface area contributed by atoms with Crippen LogP contribution >= 0.6 is 11.8 Å². The van der Waals surface area contributed by atoms with E-state index in [9.17, 15) is 4.79 Å². The van der Waals surface area contributed by atoms with E-state index in [1.165, 1.54) is 17.3 Å². The highest BCUT2D eigenvalue weighted by molar-refractivity contribution is 8.13. The van der Waals surface area contributed by atoms with Crippen molar-refractivity contribution in [1.82, 2.24) is 0 Å². The Balaban J connectivity index is 2.30.